The smallest absolute Gasteiger partial charge is 0.161 e. The molecule has 0 aliphatic heterocycles. The Hall–Kier alpha value is -3.14. The lowest BCUT2D eigenvalue weighted by atomic mass is 10.1. The van der Waals surface area contributed by atoms with Crippen LogP contribution in [-0.4, -0.2) is 13.3 Å². The Labute approximate surface area is 159 Å². The van der Waals surface area contributed by atoms with Crippen LogP contribution in [0.2, 0.25) is 0 Å². The van der Waals surface area contributed by atoms with Crippen molar-refractivity contribution in [2.75, 3.05) is 7.11 Å². The number of aryl methyl sites for hydroxylation is 2. The van der Waals surface area contributed by atoms with Crippen LogP contribution in [0, 0.1) is 19.7 Å². The van der Waals surface area contributed by atoms with Gasteiger partial charge in [0.25, 0.3) is 0 Å². The molecule has 138 valence electrons. The number of rotatable bonds is 6. The van der Waals surface area contributed by atoms with E-state index in [1.807, 2.05) is 43.3 Å². The first kappa shape index (κ1) is 18.6. The first-order valence-corrected chi connectivity index (χ1v) is 8.72. The summed E-state index contributed by atoms with van der Waals surface area (Å²) in [7, 11) is 1.59. The van der Waals surface area contributed by atoms with Gasteiger partial charge in [0.15, 0.2) is 11.5 Å². The first-order valence-electron chi connectivity index (χ1n) is 8.72. The average molecular weight is 363 g/mol. The van der Waals surface area contributed by atoms with E-state index in [-0.39, 0.29) is 12.4 Å². The van der Waals surface area contributed by atoms with Gasteiger partial charge in [-0.2, -0.15) is 0 Å². The van der Waals surface area contributed by atoms with Crippen LogP contribution in [-0.2, 0) is 6.61 Å². The van der Waals surface area contributed by atoms with Crippen molar-refractivity contribution in [3.63, 3.8) is 0 Å². The number of hydrogen-bond acceptors (Lipinski definition) is 3. The van der Waals surface area contributed by atoms with Crippen LogP contribution in [0.25, 0.3) is 0 Å². The molecule has 3 rings (SSSR count). The Kier molecular flexibility index (Phi) is 5.87. The Morgan fingerprint density at radius 2 is 1.81 bits per heavy atom. The van der Waals surface area contributed by atoms with E-state index in [0.29, 0.717) is 11.5 Å². The normalized spacial score (nSPS) is 11.0. The van der Waals surface area contributed by atoms with Crippen LogP contribution >= 0.6 is 0 Å². The van der Waals surface area contributed by atoms with Crippen molar-refractivity contribution >= 4 is 11.9 Å². The zero-order valence-electron chi connectivity index (χ0n) is 15.7. The van der Waals surface area contributed by atoms with Gasteiger partial charge in [-0.15, -0.1) is 0 Å². The molecule has 4 heteroatoms. The molecule has 0 radical (unpaired) electrons. The maximum Gasteiger partial charge on any atom is 0.161 e. The first-order chi connectivity index (χ1) is 13.0. The summed E-state index contributed by atoms with van der Waals surface area (Å²) in [6, 6.07) is 18.1. The van der Waals surface area contributed by atoms with Crippen molar-refractivity contribution in [3.8, 4) is 11.5 Å². The van der Waals surface area contributed by atoms with Crippen molar-refractivity contribution in [3.05, 3.63) is 88.7 Å². The maximum absolute atomic E-state index is 13.3. The van der Waals surface area contributed by atoms with Gasteiger partial charge in [0.1, 0.15) is 12.4 Å². The van der Waals surface area contributed by atoms with E-state index in [1.54, 1.807) is 19.4 Å². The fourth-order valence-corrected chi connectivity index (χ4v) is 2.77. The Bertz CT molecular complexity index is 966. The fourth-order valence-electron chi connectivity index (χ4n) is 2.77. The second kappa shape index (κ2) is 8.49. The van der Waals surface area contributed by atoms with E-state index in [2.05, 4.69) is 18.0 Å². The second-order valence-corrected chi connectivity index (χ2v) is 6.38. The van der Waals surface area contributed by atoms with Gasteiger partial charge in [0, 0.05) is 6.21 Å². The molecular formula is C23H22FNO2. The quantitative estimate of drug-likeness (QED) is 0.520. The van der Waals surface area contributed by atoms with Gasteiger partial charge in [-0.3, -0.25) is 4.99 Å². The van der Waals surface area contributed by atoms with E-state index in [4.69, 9.17) is 9.47 Å². The molecule has 0 aliphatic rings. The number of aliphatic imine (C=N–C) groups is 1. The highest BCUT2D eigenvalue weighted by Gasteiger charge is 2.06. The third-order valence-corrected chi connectivity index (χ3v) is 4.18. The second-order valence-electron chi connectivity index (χ2n) is 6.38. The molecular weight excluding hydrogens is 341 g/mol. The lowest BCUT2D eigenvalue weighted by Crippen LogP contribution is -1.98. The zero-order valence-corrected chi connectivity index (χ0v) is 15.7. The summed E-state index contributed by atoms with van der Waals surface area (Å²) in [6.07, 6.45) is 1.80. The lowest BCUT2D eigenvalue weighted by Gasteiger charge is -2.11. The lowest BCUT2D eigenvalue weighted by molar-refractivity contribution is 0.284. The number of benzene rings is 3. The standard InChI is InChI=1S/C23H22FNO2/c1-16-7-9-21(17(2)11-16)25-14-18-8-10-22(23(13-18)26-3)27-15-19-5-4-6-20(24)12-19/h4-14H,15H2,1-3H3. The molecule has 0 aromatic heterocycles. The predicted molar refractivity (Wildman–Crippen MR) is 107 cm³/mol. The third-order valence-electron chi connectivity index (χ3n) is 4.18. The van der Waals surface area contributed by atoms with Gasteiger partial charge in [0.05, 0.1) is 12.8 Å². The summed E-state index contributed by atoms with van der Waals surface area (Å²) in [4.78, 5) is 4.56. The minimum Gasteiger partial charge on any atom is -0.493 e. The Morgan fingerprint density at radius 1 is 0.963 bits per heavy atom. The van der Waals surface area contributed by atoms with Crippen molar-refractivity contribution in [1.82, 2.24) is 0 Å². The molecule has 0 aliphatic carbocycles. The van der Waals surface area contributed by atoms with Crippen molar-refractivity contribution in [2.24, 2.45) is 4.99 Å². The summed E-state index contributed by atoms with van der Waals surface area (Å²) >= 11 is 0. The minimum atomic E-state index is -0.277. The molecule has 0 fully saturated rings. The molecule has 27 heavy (non-hydrogen) atoms. The molecule has 0 N–H and O–H groups in total. The summed E-state index contributed by atoms with van der Waals surface area (Å²) < 4.78 is 24.5. The SMILES string of the molecule is COc1cc(C=Nc2ccc(C)cc2C)ccc1OCc1cccc(F)c1. The molecule has 0 bridgehead atoms. The van der Waals surface area contributed by atoms with Gasteiger partial charge in [-0.1, -0.05) is 29.8 Å². The molecule has 3 aromatic carbocycles. The Balaban J connectivity index is 1.74. The molecule has 0 atom stereocenters. The molecule has 0 saturated carbocycles. The predicted octanol–water partition coefficient (Wildman–Crippen LogP) is 5.78. The average Bonchev–Trinajstić information content (AvgIpc) is 2.66. The molecule has 0 saturated heterocycles. The van der Waals surface area contributed by atoms with Crippen LogP contribution in [0.4, 0.5) is 10.1 Å². The van der Waals surface area contributed by atoms with Crippen LogP contribution < -0.4 is 9.47 Å². The molecule has 3 nitrogen and oxygen atoms in total. The van der Waals surface area contributed by atoms with Crippen molar-refractivity contribution in [2.45, 2.75) is 20.5 Å². The van der Waals surface area contributed by atoms with E-state index >= 15 is 0 Å². The number of ether oxygens (including phenoxy) is 2. The fraction of sp³-hybridized carbons (Fsp3) is 0.174. The summed E-state index contributed by atoms with van der Waals surface area (Å²) in [6.45, 7) is 4.38. The van der Waals surface area contributed by atoms with Gasteiger partial charge >= 0.3 is 0 Å². The molecule has 0 amide bonds. The topological polar surface area (TPSA) is 30.8 Å². The van der Waals surface area contributed by atoms with Gasteiger partial charge in [-0.05, 0) is 66.9 Å². The number of halogens is 1. The van der Waals surface area contributed by atoms with E-state index < -0.39 is 0 Å². The van der Waals surface area contributed by atoms with Crippen molar-refractivity contribution < 1.29 is 13.9 Å². The van der Waals surface area contributed by atoms with Gasteiger partial charge in [0.2, 0.25) is 0 Å². The van der Waals surface area contributed by atoms with Crippen LogP contribution in [0.3, 0.4) is 0 Å². The largest absolute Gasteiger partial charge is 0.493 e. The zero-order chi connectivity index (χ0) is 19.2. The van der Waals surface area contributed by atoms with Crippen LogP contribution in [0.1, 0.15) is 22.3 Å². The minimum absolute atomic E-state index is 0.268. The Morgan fingerprint density at radius 3 is 2.56 bits per heavy atom. The van der Waals surface area contributed by atoms with E-state index in [1.165, 1.54) is 17.7 Å². The highest BCUT2D eigenvalue weighted by atomic mass is 19.1. The van der Waals surface area contributed by atoms with E-state index in [0.717, 1.165) is 22.4 Å². The number of methoxy groups -OCH3 is 1. The highest BCUT2D eigenvalue weighted by molar-refractivity contribution is 5.83. The molecule has 3 aromatic rings. The third kappa shape index (κ3) is 4.94. The summed E-state index contributed by atoms with van der Waals surface area (Å²) in [5.41, 5.74) is 4.95. The van der Waals surface area contributed by atoms with Gasteiger partial charge in [-0.25, -0.2) is 4.39 Å². The van der Waals surface area contributed by atoms with Crippen LogP contribution in [0.15, 0.2) is 65.7 Å². The molecule has 0 heterocycles. The molecule has 0 unspecified atom stereocenters. The molecule has 0 spiro atoms. The van der Waals surface area contributed by atoms with Crippen LogP contribution in [0.5, 0.6) is 11.5 Å². The van der Waals surface area contributed by atoms with Crippen molar-refractivity contribution in [1.29, 1.82) is 0 Å². The number of nitrogens with zero attached hydrogens (tertiary/aromatic N) is 1. The van der Waals surface area contributed by atoms with E-state index in [9.17, 15) is 4.39 Å². The monoisotopic (exact) mass is 363 g/mol. The highest BCUT2D eigenvalue weighted by Crippen LogP contribution is 2.29. The summed E-state index contributed by atoms with van der Waals surface area (Å²) in [5.74, 6) is 0.933. The van der Waals surface area contributed by atoms with Gasteiger partial charge < -0.3 is 9.47 Å². The number of hydrogen-bond donors (Lipinski definition) is 0. The maximum atomic E-state index is 13.3. The summed E-state index contributed by atoms with van der Waals surface area (Å²) in [5, 5.41) is 0.